The van der Waals surface area contributed by atoms with Crippen molar-refractivity contribution in [1.82, 2.24) is 5.32 Å². The molecule has 118 valence electrons. The summed E-state index contributed by atoms with van der Waals surface area (Å²) < 4.78 is 6.35. The van der Waals surface area contributed by atoms with Crippen LogP contribution in [-0.4, -0.2) is 10.8 Å². The summed E-state index contributed by atoms with van der Waals surface area (Å²) in [6.07, 6.45) is 0.800. The highest BCUT2D eigenvalue weighted by atomic mass is 35.5. The van der Waals surface area contributed by atoms with Crippen LogP contribution in [0.15, 0.2) is 42.5 Å². The van der Waals surface area contributed by atoms with Gasteiger partial charge in [-0.15, -0.1) is 0 Å². The molecule has 0 saturated carbocycles. The molecule has 1 fully saturated rings. The van der Waals surface area contributed by atoms with Crippen LogP contribution in [0.25, 0.3) is 0 Å². The number of hydrogen-bond acceptors (Lipinski definition) is 2. The molecule has 3 nitrogen and oxygen atoms in total. The quantitative estimate of drug-likeness (QED) is 0.765. The van der Waals surface area contributed by atoms with E-state index in [1.54, 1.807) is 0 Å². The number of halogens is 1. The molecular formula is C18H17ClN2OS. The Morgan fingerprint density at radius 2 is 2.00 bits per heavy atom. The van der Waals surface area contributed by atoms with Crippen LogP contribution >= 0.6 is 23.8 Å². The van der Waals surface area contributed by atoms with Crippen molar-refractivity contribution < 1.29 is 4.74 Å². The third kappa shape index (κ3) is 2.37. The summed E-state index contributed by atoms with van der Waals surface area (Å²) in [6, 6.07) is 14.2. The summed E-state index contributed by atoms with van der Waals surface area (Å²) in [5.74, 6) is 0.861. The zero-order valence-corrected chi connectivity index (χ0v) is 14.5. The molecule has 2 aliphatic rings. The van der Waals surface area contributed by atoms with Crippen LogP contribution < -0.4 is 15.0 Å². The summed E-state index contributed by atoms with van der Waals surface area (Å²) in [5, 5.41) is 4.83. The van der Waals surface area contributed by atoms with Crippen LogP contribution in [0.3, 0.4) is 0 Å². The Labute approximate surface area is 146 Å². The van der Waals surface area contributed by atoms with Crippen LogP contribution in [0.5, 0.6) is 5.75 Å². The SMILES string of the molecule is Cc1ccc(N2C(=S)N[C@H]3C[C@@]2(C)Oc2ccc(Cl)cc23)cc1. The minimum absolute atomic E-state index is 0.122. The minimum atomic E-state index is -0.511. The maximum atomic E-state index is 6.35. The van der Waals surface area contributed by atoms with Gasteiger partial charge in [0.05, 0.1) is 6.04 Å². The first-order valence-corrected chi connectivity index (χ1v) is 8.41. The normalized spacial score (nSPS) is 25.4. The smallest absolute Gasteiger partial charge is 0.188 e. The van der Waals surface area contributed by atoms with Gasteiger partial charge in [-0.2, -0.15) is 0 Å². The van der Waals surface area contributed by atoms with E-state index in [9.17, 15) is 0 Å². The topological polar surface area (TPSA) is 24.5 Å². The molecule has 2 atom stereocenters. The lowest BCUT2D eigenvalue weighted by atomic mass is 9.90. The van der Waals surface area contributed by atoms with Crippen molar-refractivity contribution in [2.45, 2.75) is 32.0 Å². The van der Waals surface area contributed by atoms with Gasteiger partial charge in [0, 0.05) is 22.7 Å². The Hall–Kier alpha value is -1.78. The molecule has 4 rings (SSSR count). The number of fused-ring (bicyclic) bond motifs is 4. The molecule has 0 spiro atoms. The van der Waals surface area contributed by atoms with Crippen molar-refractivity contribution >= 4 is 34.6 Å². The average molecular weight is 345 g/mol. The fourth-order valence-corrected chi connectivity index (χ4v) is 4.05. The minimum Gasteiger partial charge on any atom is -0.467 e. The fourth-order valence-electron chi connectivity index (χ4n) is 3.43. The van der Waals surface area contributed by atoms with Crippen LogP contribution in [0.4, 0.5) is 5.69 Å². The monoisotopic (exact) mass is 344 g/mol. The second-order valence-corrected chi connectivity index (χ2v) is 7.16. The van der Waals surface area contributed by atoms with Crippen molar-refractivity contribution in [3.05, 3.63) is 58.6 Å². The first kappa shape index (κ1) is 14.8. The zero-order valence-electron chi connectivity index (χ0n) is 13.0. The lowest BCUT2D eigenvalue weighted by Crippen LogP contribution is -2.65. The predicted octanol–water partition coefficient (Wildman–Crippen LogP) is 4.58. The first-order chi connectivity index (χ1) is 11.0. The standard InChI is InChI=1S/C18H17ClN2OS/c1-11-3-6-13(7-4-11)21-17(23)20-15-10-18(21,2)22-16-8-5-12(19)9-14(15)16/h3-9,15H,10H2,1-2H3,(H,20,23)/t15-,18+/m0/s1. The Morgan fingerprint density at radius 3 is 2.74 bits per heavy atom. The van der Waals surface area contributed by atoms with Crippen molar-refractivity contribution in [2.24, 2.45) is 0 Å². The number of benzene rings is 2. The number of hydrogen-bond donors (Lipinski definition) is 1. The fraction of sp³-hybridized carbons (Fsp3) is 0.278. The molecule has 5 heteroatoms. The van der Waals surface area contributed by atoms with Crippen molar-refractivity contribution in [3.63, 3.8) is 0 Å². The van der Waals surface area contributed by atoms with Crippen molar-refractivity contribution in [3.8, 4) is 5.75 Å². The largest absolute Gasteiger partial charge is 0.467 e. The van der Waals surface area contributed by atoms with E-state index in [1.807, 2.05) is 18.2 Å². The highest BCUT2D eigenvalue weighted by molar-refractivity contribution is 7.80. The molecule has 2 heterocycles. The number of nitrogens with one attached hydrogen (secondary N) is 1. The number of anilines is 1. The van der Waals surface area contributed by atoms with E-state index in [-0.39, 0.29) is 6.04 Å². The molecule has 0 amide bonds. The third-order valence-electron chi connectivity index (χ3n) is 4.53. The van der Waals surface area contributed by atoms with Gasteiger partial charge in [-0.1, -0.05) is 29.3 Å². The summed E-state index contributed by atoms with van der Waals surface area (Å²) in [6.45, 7) is 4.16. The van der Waals surface area contributed by atoms with Gasteiger partial charge in [-0.05, 0) is 56.4 Å². The molecule has 2 aromatic rings. The number of ether oxygens (including phenoxy) is 1. The number of aryl methyl sites for hydroxylation is 1. The molecule has 1 N–H and O–H groups in total. The van der Waals surface area contributed by atoms with Crippen LogP contribution in [0.1, 0.15) is 30.5 Å². The van der Waals surface area contributed by atoms with Gasteiger partial charge in [0.1, 0.15) is 5.75 Å². The molecule has 23 heavy (non-hydrogen) atoms. The maximum absolute atomic E-state index is 6.35. The number of rotatable bonds is 1. The maximum Gasteiger partial charge on any atom is 0.188 e. The second kappa shape index (κ2) is 5.11. The number of nitrogens with zero attached hydrogens (tertiary/aromatic N) is 1. The predicted molar refractivity (Wildman–Crippen MR) is 97.2 cm³/mol. The van der Waals surface area contributed by atoms with E-state index in [1.165, 1.54) is 5.56 Å². The molecule has 0 unspecified atom stereocenters. The Kier molecular flexibility index (Phi) is 3.29. The second-order valence-electron chi connectivity index (χ2n) is 6.34. The van der Waals surface area contributed by atoms with E-state index >= 15 is 0 Å². The Balaban J connectivity index is 1.79. The van der Waals surface area contributed by atoms with Crippen LogP contribution in [0.2, 0.25) is 5.02 Å². The molecule has 2 bridgehead atoms. The van der Waals surface area contributed by atoms with E-state index in [0.29, 0.717) is 10.1 Å². The molecule has 2 aromatic carbocycles. The van der Waals surface area contributed by atoms with Gasteiger partial charge in [-0.3, -0.25) is 4.90 Å². The zero-order chi connectivity index (χ0) is 16.2. The summed E-state index contributed by atoms with van der Waals surface area (Å²) >= 11 is 11.8. The third-order valence-corrected chi connectivity index (χ3v) is 5.06. The summed E-state index contributed by atoms with van der Waals surface area (Å²) in [4.78, 5) is 2.07. The lowest BCUT2D eigenvalue weighted by Gasteiger charge is -2.52. The van der Waals surface area contributed by atoms with E-state index in [4.69, 9.17) is 28.6 Å². The van der Waals surface area contributed by atoms with Gasteiger partial charge in [0.2, 0.25) is 0 Å². The van der Waals surface area contributed by atoms with E-state index < -0.39 is 5.72 Å². The van der Waals surface area contributed by atoms with E-state index in [2.05, 4.69) is 48.3 Å². The van der Waals surface area contributed by atoms with Crippen LogP contribution in [-0.2, 0) is 0 Å². The highest BCUT2D eigenvalue weighted by Gasteiger charge is 2.48. The Morgan fingerprint density at radius 1 is 1.26 bits per heavy atom. The highest BCUT2D eigenvalue weighted by Crippen LogP contribution is 2.46. The molecule has 0 aromatic heterocycles. The molecular weight excluding hydrogens is 328 g/mol. The Bertz CT molecular complexity index is 792. The average Bonchev–Trinajstić information content (AvgIpc) is 2.49. The molecule has 0 aliphatic carbocycles. The lowest BCUT2D eigenvalue weighted by molar-refractivity contribution is 0.0498. The van der Waals surface area contributed by atoms with Crippen LogP contribution in [0, 0.1) is 6.92 Å². The molecule has 0 radical (unpaired) electrons. The molecule has 2 aliphatic heterocycles. The van der Waals surface area contributed by atoms with E-state index in [0.717, 1.165) is 23.4 Å². The number of thiocarbonyl (C=S) groups is 1. The first-order valence-electron chi connectivity index (χ1n) is 7.62. The van der Waals surface area contributed by atoms with Crippen molar-refractivity contribution in [1.29, 1.82) is 0 Å². The van der Waals surface area contributed by atoms with Gasteiger partial charge >= 0.3 is 0 Å². The van der Waals surface area contributed by atoms with Gasteiger partial charge in [-0.25, -0.2) is 0 Å². The summed E-state index contributed by atoms with van der Waals surface area (Å²) in [5.41, 5.74) is 2.81. The van der Waals surface area contributed by atoms with Gasteiger partial charge < -0.3 is 10.1 Å². The summed E-state index contributed by atoms with van der Waals surface area (Å²) in [7, 11) is 0. The molecule has 1 saturated heterocycles. The van der Waals surface area contributed by atoms with Crippen molar-refractivity contribution in [2.75, 3.05) is 4.90 Å². The van der Waals surface area contributed by atoms with Gasteiger partial charge in [0.15, 0.2) is 10.8 Å². The van der Waals surface area contributed by atoms with Gasteiger partial charge in [0.25, 0.3) is 0 Å².